The number of oxazole rings is 1. The number of hydrogen-bond donors (Lipinski definition) is 1. The zero-order valence-corrected chi connectivity index (χ0v) is 22.1. The lowest BCUT2D eigenvalue weighted by Gasteiger charge is -2.48. The zero-order valence-electron chi connectivity index (χ0n) is 22.1. The van der Waals surface area contributed by atoms with Crippen molar-refractivity contribution in [1.29, 1.82) is 0 Å². The number of aldehydes is 1. The predicted molar refractivity (Wildman–Crippen MR) is 155 cm³/mol. The fourth-order valence-corrected chi connectivity index (χ4v) is 6.15. The van der Waals surface area contributed by atoms with Gasteiger partial charge in [0.15, 0.2) is 5.58 Å². The minimum absolute atomic E-state index is 0.0809. The molecular formula is C32H31N3O5. The summed E-state index contributed by atoms with van der Waals surface area (Å²) in [4.78, 5) is 40.2. The van der Waals surface area contributed by atoms with E-state index in [0.29, 0.717) is 41.2 Å². The van der Waals surface area contributed by atoms with Crippen LogP contribution in [-0.2, 0) is 6.54 Å². The molecule has 0 saturated carbocycles. The average molecular weight is 538 g/mol. The van der Waals surface area contributed by atoms with Gasteiger partial charge < -0.3 is 14.4 Å². The van der Waals surface area contributed by atoms with Crippen molar-refractivity contribution in [1.82, 2.24) is 9.47 Å². The molecule has 1 aromatic heterocycles. The molecule has 40 heavy (non-hydrogen) atoms. The normalized spacial score (nSPS) is 20.2. The van der Waals surface area contributed by atoms with Gasteiger partial charge in [-0.15, -0.1) is 0 Å². The van der Waals surface area contributed by atoms with E-state index in [4.69, 9.17) is 4.42 Å². The number of rotatable bonds is 8. The smallest absolute Gasteiger partial charge is 0.419 e. The maximum atomic E-state index is 12.8. The number of fused-ring (bicyclic) bond motifs is 4. The molecule has 4 heterocycles. The van der Waals surface area contributed by atoms with Crippen molar-refractivity contribution in [2.24, 2.45) is 5.92 Å². The maximum absolute atomic E-state index is 12.8. The summed E-state index contributed by atoms with van der Waals surface area (Å²) in [7, 11) is 0. The number of carbonyl (C=O) groups excluding carboxylic acids is 1. The zero-order chi connectivity index (χ0) is 27.6. The Balaban J connectivity index is 1.29. The Morgan fingerprint density at radius 2 is 1.80 bits per heavy atom. The SMILES string of the molecule is O=Cc1ccc2c(c1)oc(=O)n2CC/C=C/c1ccc(-c2ccccc2)c(N(C(=O)O)[C@H]2CN3CCC2CC3)c1. The van der Waals surface area contributed by atoms with E-state index in [9.17, 15) is 19.5 Å². The predicted octanol–water partition coefficient (Wildman–Crippen LogP) is 5.76. The van der Waals surface area contributed by atoms with Crippen LogP contribution in [0.5, 0.6) is 0 Å². The summed E-state index contributed by atoms with van der Waals surface area (Å²) < 4.78 is 6.87. The molecule has 1 atom stereocenters. The summed E-state index contributed by atoms with van der Waals surface area (Å²) in [6.45, 7) is 3.25. The number of hydrogen-bond acceptors (Lipinski definition) is 5. The van der Waals surface area contributed by atoms with Gasteiger partial charge in [0.1, 0.15) is 6.29 Å². The van der Waals surface area contributed by atoms with E-state index >= 15 is 0 Å². The van der Waals surface area contributed by atoms with E-state index in [-0.39, 0.29) is 6.04 Å². The van der Waals surface area contributed by atoms with Crippen LogP contribution < -0.4 is 10.7 Å². The van der Waals surface area contributed by atoms with Crippen LogP contribution in [-0.4, -0.2) is 52.6 Å². The van der Waals surface area contributed by atoms with E-state index in [1.54, 1.807) is 27.7 Å². The minimum Gasteiger partial charge on any atom is -0.465 e. The Morgan fingerprint density at radius 3 is 2.50 bits per heavy atom. The fourth-order valence-electron chi connectivity index (χ4n) is 6.15. The molecule has 3 aliphatic rings. The molecule has 2 bridgehead atoms. The summed E-state index contributed by atoms with van der Waals surface area (Å²) in [5, 5.41) is 10.5. The van der Waals surface area contributed by atoms with Crippen molar-refractivity contribution in [3.8, 4) is 11.1 Å². The van der Waals surface area contributed by atoms with Gasteiger partial charge in [0.2, 0.25) is 0 Å². The molecule has 7 rings (SSSR count). The molecule has 0 radical (unpaired) electrons. The van der Waals surface area contributed by atoms with E-state index in [1.165, 1.54) is 0 Å². The van der Waals surface area contributed by atoms with Crippen LogP contribution in [0.25, 0.3) is 28.3 Å². The first-order valence-electron chi connectivity index (χ1n) is 13.7. The fraction of sp³-hybridized carbons (Fsp3) is 0.281. The largest absolute Gasteiger partial charge is 0.465 e. The number of benzene rings is 3. The highest BCUT2D eigenvalue weighted by atomic mass is 16.4. The van der Waals surface area contributed by atoms with Crippen LogP contribution in [0.15, 0.2) is 82.0 Å². The van der Waals surface area contributed by atoms with E-state index in [2.05, 4.69) is 4.90 Å². The summed E-state index contributed by atoms with van der Waals surface area (Å²) in [6, 6.07) is 20.7. The van der Waals surface area contributed by atoms with Crippen molar-refractivity contribution in [2.45, 2.75) is 31.8 Å². The molecule has 0 spiro atoms. The number of carbonyl (C=O) groups is 2. The van der Waals surface area contributed by atoms with E-state index in [1.807, 2.05) is 60.7 Å². The molecule has 3 aromatic carbocycles. The second kappa shape index (κ2) is 11.0. The molecule has 0 unspecified atom stereocenters. The topological polar surface area (TPSA) is 96.0 Å². The average Bonchev–Trinajstić information content (AvgIpc) is 3.30. The van der Waals surface area contributed by atoms with Crippen LogP contribution in [0.4, 0.5) is 10.5 Å². The maximum Gasteiger partial charge on any atom is 0.419 e. The minimum atomic E-state index is -0.930. The third kappa shape index (κ3) is 4.98. The molecule has 8 heteroatoms. The lowest BCUT2D eigenvalue weighted by atomic mass is 9.82. The van der Waals surface area contributed by atoms with Crippen LogP contribution in [0.2, 0.25) is 0 Å². The van der Waals surface area contributed by atoms with Gasteiger partial charge in [0.25, 0.3) is 0 Å². The molecule has 3 saturated heterocycles. The lowest BCUT2D eigenvalue weighted by molar-refractivity contribution is 0.0838. The van der Waals surface area contributed by atoms with Crippen LogP contribution in [0.1, 0.15) is 35.2 Å². The molecule has 1 N–H and O–H groups in total. The number of aryl methyl sites for hydroxylation is 1. The van der Waals surface area contributed by atoms with Gasteiger partial charge in [-0.1, -0.05) is 54.6 Å². The molecule has 8 nitrogen and oxygen atoms in total. The molecule has 4 aromatic rings. The Hall–Kier alpha value is -4.43. The van der Waals surface area contributed by atoms with Crippen molar-refractivity contribution < 1.29 is 19.1 Å². The number of anilines is 1. The molecule has 1 amide bonds. The number of carboxylic acid groups (broad SMARTS) is 1. The lowest BCUT2D eigenvalue weighted by Crippen LogP contribution is -2.59. The van der Waals surface area contributed by atoms with Crippen molar-refractivity contribution >= 4 is 35.2 Å². The van der Waals surface area contributed by atoms with Gasteiger partial charge in [-0.05, 0) is 73.7 Å². The molecule has 0 aliphatic carbocycles. The third-order valence-electron chi connectivity index (χ3n) is 8.18. The van der Waals surface area contributed by atoms with Crippen molar-refractivity contribution in [2.75, 3.05) is 24.5 Å². The third-order valence-corrected chi connectivity index (χ3v) is 8.18. The van der Waals surface area contributed by atoms with E-state index in [0.717, 1.165) is 55.5 Å². The van der Waals surface area contributed by atoms with Crippen molar-refractivity contribution in [3.05, 3.63) is 94.5 Å². The van der Waals surface area contributed by atoms with Gasteiger partial charge in [-0.3, -0.25) is 14.3 Å². The summed E-state index contributed by atoms with van der Waals surface area (Å²) in [5.41, 5.74) is 4.95. The van der Waals surface area contributed by atoms with Crippen LogP contribution in [0, 0.1) is 5.92 Å². The second-order valence-corrected chi connectivity index (χ2v) is 10.6. The first-order valence-corrected chi connectivity index (χ1v) is 13.7. The van der Waals surface area contributed by atoms with Crippen molar-refractivity contribution in [3.63, 3.8) is 0 Å². The molecule has 3 fully saturated rings. The summed E-state index contributed by atoms with van der Waals surface area (Å²) in [5.74, 6) is -0.106. The molecule has 204 valence electrons. The van der Waals surface area contributed by atoms with Gasteiger partial charge in [0, 0.05) is 24.2 Å². The quantitative estimate of drug-likeness (QED) is 0.287. The summed E-state index contributed by atoms with van der Waals surface area (Å²) in [6.07, 6.45) is 6.35. The molecule has 3 aliphatic heterocycles. The Morgan fingerprint density at radius 1 is 1.02 bits per heavy atom. The Labute approximate surface area is 231 Å². The monoisotopic (exact) mass is 537 g/mol. The van der Waals surface area contributed by atoms with E-state index < -0.39 is 11.8 Å². The van der Waals surface area contributed by atoms with Crippen LogP contribution in [0.3, 0.4) is 0 Å². The van der Waals surface area contributed by atoms with Gasteiger partial charge >= 0.3 is 11.8 Å². The first-order chi connectivity index (χ1) is 19.5. The van der Waals surface area contributed by atoms with Crippen LogP contribution >= 0.6 is 0 Å². The Bertz CT molecular complexity index is 1630. The van der Waals surface area contributed by atoms with Gasteiger partial charge in [0.05, 0.1) is 17.2 Å². The van der Waals surface area contributed by atoms with Gasteiger partial charge in [-0.25, -0.2) is 9.59 Å². The van der Waals surface area contributed by atoms with Gasteiger partial charge in [-0.2, -0.15) is 0 Å². The molecular weight excluding hydrogens is 506 g/mol. The number of aromatic nitrogens is 1. The highest BCUT2D eigenvalue weighted by Gasteiger charge is 2.40. The second-order valence-electron chi connectivity index (χ2n) is 10.6. The Kier molecular flexibility index (Phi) is 7.09. The number of piperidine rings is 3. The highest BCUT2D eigenvalue weighted by Crippen LogP contribution is 2.39. The first kappa shape index (κ1) is 25.8. The number of allylic oxidation sites excluding steroid dienone is 1. The number of nitrogens with zero attached hydrogens (tertiary/aromatic N) is 3. The number of amides is 1. The highest BCUT2D eigenvalue weighted by molar-refractivity contribution is 5.94. The standard InChI is InChI=1S/C32H31N3O5/c36-21-23-10-12-27-30(19-23)40-32(39)34(27)15-5-4-6-22-9-11-26(24-7-2-1-3-8-24)28(18-22)35(31(37)38)29-20-33-16-13-25(29)14-17-33/h1-4,6-12,18-19,21,25,29H,5,13-17,20H2,(H,37,38)/b6-4+/t29-/m0/s1. The summed E-state index contributed by atoms with van der Waals surface area (Å²) >= 11 is 0.